The van der Waals surface area contributed by atoms with Crippen LogP contribution in [0.25, 0.3) is 0 Å². The minimum absolute atomic E-state index is 0.339. The minimum Gasteiger partial charge on any atom is -0.494 e. The Labute approximate surface area is 170 Å². The van der Waals surface area contributed by atoms with E-state index < -0.39 is 27.9 Å². The molecule has 0 aliphatic carbocycles. The number of anilines is 2. The fourth-order valence-corrected chi connectivity index (χ4v) is 3.89. The van der Waals surface area contributed by atoms with Crippen LogP contribution in [-0.4, -0.2) is 46.3 Å². The molecule has 1 N–H and O–H groups in total. The number of sulfonamides is 1. The normalized spacial score (nSPS) is 12.0. The van der Waals surface area contributed by atoms with Crippen molar-refractivity contribution in [1.82, 2.24) is 0 Å². The van der Waals surface area contributed by atoms with Crippen molar-refractivity contribution < 1.29 is 27.5 Å². The molecule has 2 rings (SSSR count). The first-order chi connectivity index (χ1) is 13.7. The molecule has 0 saturated heterocycles. The molecule has 29 heavy (non-hydrogen) atoms. The monoisotopic (exact) mass is 420 g/mol. The molecule has 1 amide bonds. The van der Waals surface area contributed by atoms with Crippen LogP contribution < -0.4 is 14.4 Å². The number of methoxy groups -OCH3 is 1. The number of hydrogen-bond donors (Lipinski definition) is 1. The van der Waals surface area contributed by atoms with Crippen molar-refractivity contribution in [2.45, 2.75) is 19.9 Å². The van der Waals surface area contributed by atoms with Gasteiger partial charge in [0.25, 0.3) is 0 Å². The summed E-state index contributed by atoms with van der Waals surface area (Å²) >= 11 is 0. The van der Waals surface area contributed by atoms with Gasteiger partial charge in [0.15, 0.2) is 0 Å². The molecule has 0 radical (unpaired) electrons. The molecule has 0 aromatic heterocycles. The van der Waals surface area contributed by atoms with E-state index in [9.17, 15) is 18.0 Å². The molecular formula is C20H24N2O6S. The first-order valence-corrected chi connectivity index (χ1v) is 10.7. The van der Waals surface area contributed by atoms with Crippen LogP contribution in [-0.2, 0) is 19.6 Å². The van der Waals surface area contributed by atoms with E-state index >= 15 is 0 Å². The Bertz CT molecular complexity index is 955. The summed E-state index contributed by atoms with van der Waals surface area (Å²) in [6, 6.07) is 11.5. The lowest BCUT2D eigenvalue weighted by molar-refractivity contribution is -0.116. The number of carbonyl (C=O) groups is 2. The summed E-state index contributed by atoms with van der Waals surface area (Å²) in [6.07, 6.45) is 1.04. The number of rotatable bonds is 8. The van der Waals surface area contributed by atoms with Crippen molar-refractivity contribution in [2.24, 2.45) is 0 Å². The lowest BCUT2D eigenvalue weighted by Gasteiger charge is -2.28. The SMILES string of the molecule is CCOc1ccc(N([C@@H](C)C(=O)Nc2ccc(C(=O)OC)cc2)S(C)(=O)=O)cc1. The largest absolute Gasteiger partial charge is 0.494 e. The maximum Gasteiger partial charge on any atom is 0.337 e. The molecule has 9 heteroatoms. The molecule has 0 spiro atoms. The summed E-state index contributed by atoms with van der Waals surface area (Å²) in [5, 5.41) is 2.66. The zero-order valence-electron chi connectivity index (χ0n) is 16.7. The summed E-state index contributed by atoms with van der Waals surface area (Å²) in [4.78, 5) is 24.2. The van der Waals surface area contributed by atoms with Gasteiger partial charge in [0.2, 0.25) is 15.9 Å². The summed E-state index contributed by atoms with van der Waals surface area (Å²) in [6.45, 7) is 3.83. The number of benzene rings is 2. The zero-order valence-corrected chi connectivity index (χ0v) is 17.5. The molecule has 0 unspecified atom stereocenters. The zero-order chi connectivity index (χ0) is 21.6. The Hall–Kier alpha value is -3.07. The molecule has 2 aromatic carbocycles. The third-order valence-corrected chi connectivity index (χ3v) is 5.31. The predicted molar refractivity (Wildman–Crippen MR) is 111 cm³/mol. The van der Waals surface area contributed by atoms with Crippen molar-refractivity contribution in [1.29, 1.82) is 0 Å². The second-order valence-corrected chi connectivity index (χ2v) is 8.08. The first kappa shape index (κ1) is 22.2. The summed E-state index contributed by atoms with van der Waals surface area (Å²) < 4.78 is 35.8. The molecule has 156 valence electrons. The molecule has 1 atom stereocenters. The number of nitrogens with one attached hydrogen (secondary N) is 1. The van der Waals surface area contributed by atoms with E-state index in [2.05, 4.69) is 10.1 Å². The van der Waals surface area contributed by atoms with Gasteiger partial charge in [-0.2, -0.15) is 0 Å². The Kier molecular flexibility index (Phi) is 7.22. The van der Waals surface area contributed by atoms with Gasteiger partial charge in [-0.25, -0.2) is 13.2 Å². The number of carbonyl (C=O) groups excluding carboxylic acids is 2. The number of hydrogen-bond acceptors (Lipinski definition) is 6. The predicted octanol–water partition coefficient (Wildman–Crippen LogP) is 2.67. The fraction of sp³-hybridized carbons (Fsp3) is 0.300. The number of nitrogens with zero attached hydrogens (tertiary/aromatic N) is 1. The highest BCUT2D eigenvalue weighted by molar-refractivity contribution is 7.92. The highest BCUT2D eigenvalue weighted by Crippen LogP contribution is 2.24. The van der Waals surface area contributed by atoms with Crippen molar-refractivity contribution in [3.05, 3.63) is 54.1 Å². The van der Waals surface area contributed by atoms with E-state index in [0.717, 1.165) is 10.6 Å². The number of ether oxygens (including phenoxy) is 2. The molecule has 0 fully saturated rings. The van der Waals surface area contributed by atoms with Crippen LogP contribution in [0.3, 0.4) is 0 Å². The second kappa shape index (κ2) is 9.42. The van der Waals surface area contributed by atoms with Crippen LogP contribution >= 0.6 is 0 Å². The van der Waals surface area contributed by atoms with Crippen molar-refractivity contribution in [3.8, 4) is 5.75 Å². The van der Waals surface area contributed by atoms with Gasteiger partial charge in [-0.3, -0.25) is 9.10 Å². The topological polar surface area (TPSA) is 102 Å². The van der Waals surface area contributed by atoms with Crippen LogP contribution in [0.15, 0.2) is 48.5 Å². The molecule has 8 nitrogen and oxygen atoms in total. The lowest BCUT2D eigenvalue weighted by Crippen LogP contribution is -2.45. The Morgan fingerprint density at radius 3 is 2.14 bits per heavy atom. The van der Waals surface area contributed by atoms with Crippen LogP contribution in [0.2, 0.25) is 0 Å². The molecular weight excluding hydrogens is 396 g/mol. The smallest absolute Gasteiger partial charge is 0.337 e. The maximum atomic E-state index is 12.7. The fourth-order valence-electron chi connectivity index (χ4n) is 2.72. The highest BCUT2D eigenvalue weighted by Gasteiger charge is 2.29. The Balaban J connectivity index is 2.21. The van der Waals surface area contributed by atoms with E-state index in [1.54, 1.807) is 36.4 Å². The standard InChI is InChI=1S/C20H24N2O6S/c1-5-28-18-12-10-17(11-13-18)22(29(4,25)26)14(2)19(23)21-16-8-6-15(7-9-16)20(24)27-3/h6-14H,5H2,1-4H3,(H,21,23)/t14-/m0/s1. The van der Waals surface area contributed by atoms with Gasteiger partial charge in [-0.1, -0.05) is 0 Å². The molecule has 0 bridgehead atoms. The van der Waals surface area contributed by atoms with Crippen molar-refractivity contribution >= 4 is 33.3 Å². The van der Waals surface area contributed by atoms with Gasteiger partial charge in [0.1, 0.15) is 11.8 Å². The van der Waals surface area contributed by atoms with E-state index in [-0.39, 0.29) is 0 Å². The van der Waals surface area contributed by atoms with Crippen molar-refractivity contribution in [2.75, 3.05) is 29.6 Å². The third kappa shape index (κ3) is 5.71. The molecule has 0 aliphatic heterocycles. The quantitative estimate of drug-likeness (QED) is 0.659. The highest BCUT2D eigenvalue weighted by atomic mass is 32.2. The van der Waals surface area contributed by atoms with Gasteiger partial charge in [-0.15, -0.1) is 0 Å². The van der Waals surface area contributed by atoms with Gasteiger partial charge in [0.05, 0.1) is 31.2 Å². The molecule has 0 aliphatic rings. The average molecular weight is 420 g/mol. The van der Waals surface area contributed by atoms with E-state index in [1.807, 2.05) is 6.92 Å². The summed E-state index contributed by atoms with van der Waals surface area (Å²) in [5.74, 6) is -0.405. The van der Waals surface area contributed by atoms with Crippen LogP contribution in [0, 0.1) is 0 Å². The van der Waals surface area contributed by atoms with E-state index in [0.29, 0.717) is 29.3 Å². The van der Waals surface area contributed by atoms with Gasteiger partial charge in [-0.05, 0) is 62.4 Å². The minimum atomic E-state index is -3.73. The summed E-state index contributed by atoms with van der Waals surface area (Å²) in [7, 11) is -2.45. The lowest BCUT2D eigenvalue weighted by atomic mass is 10.2. The molecule has 0 saturated carbocycles. The van der Waals surface area contributed by atoms with E-state index in [4.69, 9.17) is 4.74 Å². The maximum absolute atomic E-state index is 12.7. The van der Waals surface area contributed by atoms with Gasteiger partial charge < -0.3 is 14.8 Å². The van der Waals surface area contributed by atoms with Gasteiger partial charge >= 0.3 is 5.97 Å². The van der Waals surface area contributed by atoms with Crippen LogP contribution in [0.1, 0.15) is 24.2 Å². The van der Waals surface area contributed by atoms with Gasteiger partial charge in [0, 0.05) is 5.69 Å². The Morgan fingerprint density at radius 2 is 1.66 bits per heavy atom. The average Bonchev–Trinajstić information content (AvgIpc) is 2.68. The first-order valence-electron chi connectivity index (χ1n) is 8.89. The third-order valence-electron chi connectivity index (χ3n) is 4.06. The second-order valence-electron chi connectivity index (χ2n) is 6.22. The number of esters is 1. The van der Waals surface area contributed by atoms with Crippen molar-refractivity contribution in [3.63, 3.8) is 0 Å². The van der Waals surface area contributed by atoms with Crippen LogP contribution in [0.5, 0.6) is 5.75 Å². The Morgan fingerprint density at radius 1 is 1.07 bits per heavy atom. The molecule has 2 aromatic rings. The van der Waals surface area contributed by atoms with E-state index in [1.165, 1.54) is 26.2 Å². The summed E-state index contributed by atoms with van der Waals surface area (Å²) in [5.41, 5.74) is 1.11. The molecule has 0 heterocycles. The number of amides is 1. The van der Waals surface area contributed by atoms with Crippen LogP contribution in [0.4, 0.5) is 11.4 Å².